The van der Waals surface area contributed by atoms with Crippen molar-refractivity contribution >= 4 is 35.3 Å². The van der Waals surface area contributed by atoms with Crippen LogP contribution < -0.4 is 5.32 Å². The normalized spacial score (nSPS) is 32.6. The fourth-order valence-corrected chi connectivity index (χ4v) is 5.31. The largest absolute Gasteiger partial charge is 0.481 e. The summed E-state index contributed by atoms with van der Waals surface area (Å²) in [4.78, 5) is 41.0. The molecule has 1 fully saturated rings. The molecule has 1 amide bonds. The molecule has 152 valence electrons. The number of amides is 1. The van der Waals surface area contributed by atoms with Crippen molar-refractivity contribution in [2.75, 3.05) is 20.6 Å². The Bertz CT molecular complexity index is 638. The van der Waals surface area contributed by atoms with Crippen LogP contribution in [0.25, 0.3) is 0 Å². The zero-order chi connectivity index (χ0) is 20.5. The zero-order valence-electron chi connectivity index (χ0n) is 15.8. The van der Waals surface area contributed by atoms with Gasteiger partial charge in [0.05, 0.1) is 23.4 Å². The van der Waals surface area contributed by atoms with Gasteiger partial charge in [-0.2, -0.15) is 0 Å². The van der Waals surface area contributed by atoms with Crippen LogP contribution in [0.3, 0.4) is 0 Å². The summed E-state index contributed by atoms with van der Waals surface area (Å²) in [7, 11) is 3.37. The number of nitrogens with zero attached hydrogens (tertiary/aromatic N) is 2. The van der Waals surface area contributed by atoms with Crippen LogP contribution in [-0.2, 0) is 14.4 Å². The second-order valence-electron chi connectivity index (χ2n) is 7.38. The number of carbonyl (C=O) groups is 3. The van der Waals surface area contributed by atoms with Gasteiger partial charge in [-0.1, -0.05) is 6.92 Å². The summed E-state index contributed by atoms with van der Waals surface area (Å²) in [5.74, 6) is -3.92. The number of rotatable bonds is 7. The summed E-state index contributed by atoms with van der Waals surface area (Å²) in [6.45, 7) is 3.71. The topological polar surface area (TPSA) is 140 Å². The molecule has 0 unspecified atom stereocenters. The van der Waals surface area contributed by atoms with Gasteiger partial charge in [-0.3, -0.25) is 14.6 Å². The first kappa shape index (κ1) is 21.6. The van der Waals surface area contributed by atoms with Gasteiger partial charge < -0.3 is 25.5 Å². The van der Waals surface area contributed by atoms with Gasteiger partial charge >= 0.3 is 11.9 Å². The van der Waals surface area contributed by atoms with Crippen molar-refractivity contribution in [2.24, 2.45) is 16.8 Å². The van der Waals surface area contributed by atoms with Crippen molar-refractivity contribution in [3.8, 4) is 0 Å². The molecular weight excluding hydrogens is 374 g/mol. The molecule has 7 atom stereocenters. The number of nitrogens with one attached hydrogen (secondary N) is 1. The van der Waals surface area contributed by atoms with Gasteiger partial charge in [-0.15, -0.1) is 11.8 Å². The maximum Gasteiger partial charge on any atom is 0.350 e. The number of thioether (sulfide) groups is 1. The Hall–Kier alpha value is -1.65. The Balaban J connectivity index is 2.15. The van der Waals surface area contributed by atoms with Crippen molar-refractivity contribution in [1.29, 1.82) is 0 Å². The molecule has 0 saturated carbocycles. The number of aliphatic hydroxyl groups excluding tert-OH is 1. The van der Waals surface area contributed by atoms with E-state index in [4.69, 9.17) is 0 Å². The highest BCUT2D eigenvalue weighted by Gasteiger charge is 2.48. The summed E-state index contributed by atoms with van der Waals surface area (Å²) >= 11 is 1.42. The Morgan fingerprint density at radius 1 is 1.30 bits per heavy atom. The third-order valence-electron chi connectivity index (χ3n) is 5.13. The van der Waals surface area contributed by atoms with Gasteiger partial charge in [0.1, 0.15) is 11.6 Å². The van der Waals surface area contributed by atoms with Crippen LogP contribution in [0.15, 0.2) is 4.99 Å². The number of aliphatic imine (C=N–C) groups is 1. The van der Waals surface area contributed by atoms with Crippen molar-refractivity contribution in [3.63, 3.8) is 0 Å². The highest BCUT2D eigenvalue weighted by molar-refractivity contribution is 8.01. The number of hydrogen-bond donors (Lipinski definition) is 4. The Morgan fingerprint density at radius 2 is 1.93 bits per heavy atom. The molecule has 0 aromatic carbocycles. The lowest BCUT2D eigenvalue weighted by atomic mass is 9.86. The lowest BCUT2D eigenvalue weighted by Gasteiger charge is -2.27. The van der Waals surface area contributed by atoms with E-state index in [1.807, 2.05) is 0 Å². The molecule has 2 aliphatic rings. The van der Waals surface area contributed by atoms with Crippen LogP contribution in [0.5, 0.6) is 0 Å². The summed E-state index contributed by atoms with van der Waals surface area (Å²) in [5, 5.41) is 31.5. The summed E-state index contributed by atoms with van der Waals surface area (Å²) in [5.41, 5.74) is -0.0632. The molecule has 10 heteroatoms. The quantitative estimate of drug-likeness (QED) is 0.449. The van der Waals surface area contributed by atoms with E-state index < -0.39 is 35.3 Å². The molecular formula is C17H27N3O6S. The van der Waals surface area contributed by atoms with Gasteiger partial charge in [0.2, 0.25) is 5.91 Å². The predicted octanol–water partition coefficient (Wildman–Crippen LogP) is -0.468. The zero-order valence-corrected chi connectivity index (χ0v) is 16.6. The fraction of sp³-hybridized carbons (Fsp3) is 0.765. The van der Waals surface area contributed by atoms with E-state index in [2.05, 4.69) is 10.3 Å². The van der Waals surface area contributed by atoms with E-state index in [1.165, 1.54) is 23.6 Å². The highest BCUT2D eigenvalue weighted by Crippen LogP contribution is 2.39. The lowest BCUT2D eigenvalue weighted by Crippen LogP contribution is -2.40. The first-order valence-corrected chi connectivity index (χ1v) is 9.80. The molecule has 4 N–H and O–H groups in total. The van der Waals surface area contributed by atoms with E-state index in [0.29, 0.717) is 13.0 Å². The van der Waals surface area contributed by atoms with Gasteiger partial charge in [0.25, 0.3) is 0 Å². The smallest absolute Gasteiger partial charge is 0.350 e. The minimum absolute atomic E-state index is 0.0180. The molecule has 2 rings (SSSR count). The number of hydrogen-bond acceptors (Lipinski definition) is 7. The molecule has 2 heterocycles. The van der Waals surface area contributed by atoms with Crippen molar-refractivity contribution in [3.05, 3.63) is 0 Å². The number of carbonyl (C=O) groups excluding carboxylic acids is 1. The van der Waals surface area contributed by atoms with Crippen molar-refractivity contribution in [2.45, 2.75) is 49.0 Å². The van der Waals surface area contributed by atoms with Gasteiger partial charge in [0, 0.05) is 25.9 Å². The first-order chi connectivity index (χ1) is 12.5. The molecule has 0 radical (unpaired) electrons. The molecule has 0 aromatic rings. The average Bonchev–Trinajstić information content (AvgIpc) is 3.13. The molecule has 27 heavy (non-hydrogen) atoms. The van der Waals surface area contributed by atoms with Crippen LogP contribution >= 0.6 is 11.8 Å². The molecule has 2 aliphatic heterocycles. The van der Waals surface area contributed by atoms with E-state index in [1.54, 1.807) is 21.0 Å². The van der Waals surface area contributed by atoms with E-state index in [9.17, 15) is 29.7 Å². The van der Waals surface area contributed by atoms with Crippen LogP contribution in [0.1, 0.15) is 20.3 Å². The molecule has 9 nitrogen and oxygen atoms in total. The van der Waals surface area contributed by atoms with Crippen LogP contribution in [0.4, 0.5) is 0 Å². The lowest BCUT2D eigenvalue weighted by molar-refractivity contribution is -0.146. The van der Waals surface area contributed by atoms with E-state index in [0.717, 1.165) is 0 Å². The summed E-state index contributed by atoms with van der Waals surface area (Å²) in [6, 6.07) is -1.11. The van der Waals surface area contributed by atoms with Crippen LogP contribution in [-0.4, -0.2) is 93.1 Å². The monoisotopic (exact) mass is 401 g/mol. The van der Waals surface area contributed by atoms with Crippen molar-refractivity contribution < 1.29 is 29.7 Å². The van der Waals surface area contributed by atoms with Crippen LogP contribution in [0, 0.1) is 11.8 Å². The predicted molar refractivity (Wildman–Crippen MR) is 101 cm³/mol. The maximum absolute atomic E-state index is 12.1. The van der Waals surface area contributed by atoms with Gasteiger partial charge in [-0.25, -0.2) is 4.79 Å². The number of likely N-dealkylation sites (N-methyl/N-ethyl adjacent to an activating group) is 1. The molecule has 0 spiro atoms. The number of carboxylic acid groups (broad SMARTS) is 2. The molecule has 1 saturated heterocycles. The molecule has 0 bridgehead atoms. The Morgan fingerprint density at radius 3 is 2.41 bits per heavy atom. The van der Waals surface area contributed by atoms with Crippen molar-refractivity contribution in [1.82, 2.24) is 10.2 Å². The third-order valence-corrected chi connectivity index (χ3v) is 6.82. The standard InChI is InChI=1S/C17H27N3O6S/c1-7-12(11(8(2)21)16(23)24)19-13(17(25)26)14(7)27-9-5-10(18-6-9)15(22)20(3)4/h7-12,14,18,21H,5-6H2,1-4H3,(H,23,24)(H,25,26)/t7-,8-,9+,10+,11-,12-,14+/m1/s1. The van der Waals surface area contributed by atoms with Crippen LogP contribution in [0.2, 0.25) is 0 Å². The molecule has 0 aromatic heterocycles. The number of carboxylic acids is 2. The summed E-state index contributed by atoms with van der Waals surface area (Å²) in [6.07, 6.45) is -0.575. The SMILES string of the molecule is C[C@@H]1[C@H]([C@H](C(=O)O)[C@@H](C)O)N=C(C(=O)O)[C@H]1S[C@@H]1CN[C@H](C(=O)N(C)C)C1. The van der Waals surface area contributed by atoms with Gasteiger partial charge in [0.15, 0.2) is 0 Å². The van der Waals surface area contributed by atoms with Gasteiger partial charge in [-0.05, 0) is 19.3 Å². The Kier molecular flexibility index (Phi) is 6.87. The first-order valence-electron chi connectivity index (χ1n) is 8.86. The second kappa shape index (κ2) is 8.57. The minimum atomic E-state index is -1.19. The highest BCUT2D eigenvalue weighted by atomic mass is 32.2. The third kappa shape index (κ3) is 4.61. The van der Waals surface area contributed by atoms with E-state index in [-0.39, 0.29) is 28.8 Å². The average molecular weight is 401 g/mol. The maximum atomic E-state index is 12.1. The summed E-state index contributed by atoms with van der Waals surface area (Å²) < 4.78 is 0. The van der Waals surface area contributed by atoms with E-state index >= 15 is 0 Å². The molecule has 0 aliphatic carbocycles. The second-order valence-corrected chi connectivity index (χ2v) is 8.83. The number of aliphatic carboxylic acids is 2. The number of aliphatic hydroxyl groups is 1. The Labute approximate surface area is 162 Å². The minimum Gasteiger partial charge on any atom is -0.481 e. The fourth-order valence-electron chi connectivity index (χ4n) is 3.70.